The molecule has 4 aromatic rings. The van der Waals surface area contributed by atoms with E-state index in [0.29, 0.717) is 17.1 Å². The molecule has 47 heavy (non-hydrogen) atoms. The van der Waals surface area contributed by atoms with Crippen molar-refractivity contribution in [3.05, 3.63) is 124 Å². The van der Waals surface area contributed by atoms with E-state index in [1.807, 2.05) is 0 Å². The van der Waals surface area contributed by atoms with Gasteiger partial charge in [0.2, 0.25) is 11.8 Å². The van der Waals surface area contributed by atoms with E-state index >= 15 is 0 Å². The van der Waals surface area contributed by atoms with E-state index in [0.717, 1.165) is 16.7 Å². The second-order valence-electron chi connectivity index (χ2n) is 10.0. The van der Waals surface area contributed by atoms with Crippen LogP contribution in [0.3, 0.4) is 0 Å². The molecule has 11 nitrogen and oxygen atoms in total. The van der Waals surface area contributed by atoms with E-state index in [4.69, 9.17) is 14.6 Å². The number of phenols is 1. The molecule has 0 aromatic heterocycles. The third-order valence-corrected chi connectivity index (χ3v) is 6.56. The minimum absolute atomic E-state index is 0.0327. The van der Waals surface area contributed by atoms with E-state index in [2.05, 4.69) is 10.6 Å². The highest BCUT2D eigenvalue weighted by molar-refractivity contribution is 6.07. The lowest BCUT2D eigenvalue weighted by Crippen LogP contribution is -2.12. The summed E-state index contributed by atoms with van der Waals surface area (Å²) in [4.78, 5) is 46.3. The number of para-hydroxylation sites is 1. The van der Waals surface area contributed by atoms with Crippen molar-refractivity contribution in [1.82, 2.24) is 0 Å². The number of phenolic OH excluding ortho intramolecular Hbond substituents is 1. The van der Waals surface area contributed by atoms with Crippen LogP contribution in [-0.2, 0) is 9.59 Å². The second-order valence-corrected chi connectivity index (χ2v) is 10.0. The molecule has 5 N–H and O–H groups in total. The standard InChI is InChI=1S/C18H17NO5.C18H17NO4/c1-23-15-9-7-12(11-16(15)24-2)8-10-17(20)19-14-6-4-3-5-13(14)18(21)22;1-11-3-6-15(14(9-11)18(22)23)19-17(21)8-5-13-4-7-16(20)12(2)10-13/h3-11H,1-2H3,(H,19,20)(H,21,22);3-10,20H,1-2H3,(H,19,21)(H,22,23)/b10-8+;8-5+. The van der Waals surface area contributed by atoms with Gasteiger partial charge in [-0.05, 0) is 91.2 Å². The molecular weight excluding hydrogens is 604 g/mol. The van der Waals surface area contributed by atoms with E-state index in [9.17, 15) is 29.4 Å². The first kappa shape index (κ1) is 35.1. The highest BCUT2D eigenvalue weighted by Gasteiger charge is 2.12. The summed E-state index contributed by atoms with van der Waals surface area (Å²) in [5.41, 5.74) is 3.59. The number of carboxylic acid groups (broad SMARTS) is 2. The Morgan fingerprint density at radius 1 is 0.638 bits per heavy atom. The zero-order valence-electron chi connectivity index (χ0n) is 26.1. The number of benzene rings is 4. The van der Waals surface area contributed by atoms with Gasteiger partial charge in [-0.2, -0.15) is 0 Å². The van der Waals surface area contributed by atoms with Crippen molar-refractivity contribution in [2.45, 2.75) is 13.8 Å². The van der Waals surface area contributed by atoms with Gasteiger partial charge < -0.3 is 35.4 Å². The minimum atomic E-state index is -1.10. The predicted molar refractivity (Wildman–Crippen MR) is 179 cm³/mol. The van der Waals surface area contributed by atoms with E-state index < -0.39 is 23.8 Å². The first-order valence-electron chi connectivity index (χ1n) is 14.1. The van der Waals surface area contributed by atoms with Crippen LogP contribution in [0.5, 0.6) is 17.2 Å². The molecule has 0 saturated heterocycles. The fourth-order valence-corrected chi connectivity index (χ4v) is 4.15. The number of carboxylic acids is 2. The number of hydrogen-bond acceptors (Lipinski definition) is 7. The summed E-state index contributed by atoms with van der Waals surface area (Å²) in [6.45, 7) is 3.54. The zero-order valence-corrected chi connectivity index (χ0v) is 26.1. The molecule has 0 unspecified atom stereocenters. The van der Waals surface area contributed by atoms with Crippen molar-refractivity contribution >= 4 is 47.3 Å². The predicted octanol–water partition coefficient (Wildman–Crippen LogP) is 6.41. The van der Waals surface area contributed by atoms with Crippen molar-refractivity contribution in [3.8, 4) is 17.2 Å². The van der Waals surface area contributed by atoms with Crippen LogP contribution in [0.2, 0.25) is 0 Å². The van der Waals surface area contributed by atoms with Gasteiger partial charge in [0.1, 0.15) is 5.75 Å². The van der Waals surface area contributed by atoms with Gasteiger partial charge in [-0.15, -0.1) is 0 Å². The highest BCUT2D eigenvalue weighted by atomic mass is 16.5. The first-order chi connectivity index (χ1) is 22.4. The summed E-state index contributed by atoms with van der Waals surface area (Å²) in [6, 6.07) is 21.2. The molecule has 242 valence electrons. The lowest BCUT2D eigenvalue weighted by molar-refractivity contribution is -0.112. The fourth-order valence-electron chi connectivity index (χ4n) is 4.15. The Bertz CT molecular complexity index is 1840. The van der Waals surface area contributed by atoms with Gasteiger partial charge in [0.05, 0.1) is 36.7 Å². The third-order valence-electron chi connectivity index (χ3n) is 6.56. The summed E-state index contributed by atoms with van der Waals surface area (Å²) in [5, 5.41) is 32.8. The van der Waals surface area contributed by atoms with Crippen molar-refractivity contribution in [2.75, 3.05) is 24.9 Å². The fraction of sp³-hybridized carbons (Fsp3) is 0.111. The zero-order chi connectivity index (χ0) is 34.5. The Morgan fingerprint density at radius 2 is 1.19 bits per heavy atom. The molecule has 0 bridgehead atoms. The van der Waals surface area contributed by atoms with Gasteiger partial charge in [-0.25, -0.2) is 9.59 Å². The SMILES string of the molecule is COc1ccc(/C=C/C(=O)Nc2ccccc2C(=O)O)cc1OC.Cc1ccc(NC(=O)/C=C/c2ccc(O)c(C)c2)c(C(=O)O)c1. The van der Waals surface area contributed by atoms with E-state index in [1.54, 1.807) is 93.8 Å². The maximum Gasteiger partial charge on any atom is 0.337 e. The normalized spacial score (nSPS) is 10.6. The molecule has 0 spiro atoms. The number of methoxy groups -OCH3 is 2. The molecule has 4 aromatic carbocycles. The number of ether oxygens (including phenoxy) is 2. The molecule has 0 aliphatic carbocycles. The monoisotopic (exact) mass is 638 g/mol. The Balaban J connectivity index is 0.000000256. The molecule has 0 aliphatic heterocycles. The van der Waals surface area contributed by atoms with Crippen molar-refractivity contribution in [3.63, 3.8) is 0 Å². The Hall–Kier alpha value is -6.36. The summed E-state index contributed by atoms with van der Waals surface area (Å²) < 4.78 is 10.3. The number of amides is 2. The van der Waals surface area contributed by atoms with Crippen LogP contribution >= 0.6 is 0 Å². The van der Waals surface area contributed by atoms with Crippen LogP contribution in [0, 0.1) is 13.8 Å². The Labute approximate surface area is 271 Å². The van der Waals surface area contributed by atoms with Gasteiger partial charge in [-0.1, -0.05) is 35.9 Å². The van der Waals surface area contributed by atoms with E-state index in [1.165, 1.54) is 37.5 Å². The van der Waals surface area contributed by atoms with Crippen LogP contribution in [-0.4, -0.2) is 53.3 Å². The van der Waals surface area contributed by atoms with Crippen LogP contribution in [0.1, 0.15) is 43.0 Å². The number of carbonyl (C=O) groups is 4. The molecular formula is C36H34N2O9. The highest BCUT2D eigenvalue weighted by Crippen LogP contribution is 2.28. The van der Waals surface area contributed by atoms with Gasteiger partial charge in [0.25, 0.3) is 0 Å². The third kappa shape index (κ3) is 10.4. The quantitative estimate of drug-likeness (QED) is 0.123. The summed E-state index contributed by atoms with van der Waals surface area (Å²) >= 11 is 0. The molecule has 0 saturated carbocycles. The van der Waals surface area contributed by atoms with Crippen LogP contribution < -0.4 is 20.1 Å². The molecule has 0 atom stereocenters. The summed E-state index contributed by atoms with van der Waals surface area (Å²) in [6.07, 6.45) is 5.83. The summed E-state index contributed by atoms with van der Waals surface area (Å²) in [7, 11) is 3.07. The number of aromatic hydroxyl groups is 1. The average molecular weight is 639 g/mol. The average Bonchev–Trinajstić information content (AvgIpc) is 3.05. The topological polar surface area (TPSA) is 171 Å². The lowest BCUT2D eigenvalue weighted by atomic mass is 10.1. The van der Waals surface area contributed by atoms with Crippen molar-refractivity contribution < 1.29 is 44.0 Å². The Morgan fingerprint density at radius 3 is 1.77 bits per heavy atom. The van der Waals surface area contributed by atoms with Gasteiger partial charge in [-0.3, -0.25) is 9.59 Å². The largest absolute Gasteiger partial charge is 0.508 e. The van der Waals surface area contributed by atoms with Gasteiger partial charge in [0, 0.05) is 12.2 Å². The lowest BCUT2D eigenvalue weighted by Gasteiger charge is -2.08. The summed E-state index contributed by atoms with van der Waals surface area (Å²) in [5.74, 6) is -1.72. The van der Waals surface area contributed by atoms with Gasteiger partial charge in [0.15, 0.2) is 11.5 Å². The smallest absolute Gasteiger partial charge is 0.337 e. The molecule has 0 heterocycles. The molecule has 0 aliphatic rings. The number of carbonyl (C=O) groups excluding carboxylic acids is 2. The number of nitrogens with one attached hydrogen (secondary N) is 2. The second kappa shape index (κ2) is 16.6. The van der Waals surface area contributed by atoms with Crippen molar-refractivity contribution in [2.24, 2.45) is 0 Å². The van der Waals surface area contributed by atoms with Gasteiger partial charge >= 0.3 is 11.9 Å². The van der Waals surface area contributed by atoms with Crippen LogP contribution in [0.4, 0.5) is 11.4 Å². The molecule has 4 rings (SSSR count). The number of anilines is 2. The van der Waals surface area contributed by atoms with Crippen LogP contribution in [0.25, 0.3) is 12.2 Å². The number of aryl methyl sites for hydroxylation is 2. The maximum atomic E-state index is 12.0. The minimum Gasteiger partial charge on any atom is -0.508 e. The molecule has 11 heteroatoms. The van der Waals surface area contributed by atoms with Crippen LogP contribution in [0.15, 0.2) is 91.0 Å². The molecule has 2 amide bonds. The number of aromatic carboxylic acids is 2. The Kier molecular flexibility index (Phi) is 12.4. The maximum absolute atomic E-state index is 12.0. The molecule has 0 radical (unpaired) electrons. The number of hydrogen-bond donors (Lipinski definition) is 5. The number of rotatable bonds is 10. The van der Waals surface area contributed by atoms with E-state index in [-0.39, 0.29) is 28.3 Å². The first-order valence-corrected chi connectivity index (χ1v) is 14.1. The van der Waals surface area contributed by atoms with Crippen molar-refractivity contribution in [1.29, 1.82) is 0 Å². The molecule has 0 fully saturated rings.